The number of benzene rings is 2. The molecule has 168 valence electrons. The van der Waals surface area contributed by atoms with Crippen molar-refractivity contribution in [2.24, 2.45) is 0 Å². The van der Waals surface area contributed by atoms with Crippen LogP contribution in [0.4, 0.5) is 0 Å². The van der Waals surface area contributed by atoms with Crippen molar-refractivity contribution >= 4 is 33.7 Å². The van der Waals surface area contributed by atoms with Gasteiger partial charge in [0.2, 0.25) is 0 Å². The molecule has 0 fully saturated rings. The van der Waals surface area contributed by atoms with E-state index < -0.39 is 11.9 Å². The Morgan fingerprint density at radius 3 is 1.45 bits per heavy atom. The zero-order chi connectivity index (χ0) is 23.9. The standard InChI is InChI=1S/C27H26N2O4/c1-5-20-14(3)24(26(30)31)18-12-16(7-9-22(18)28-20)11-17-8-10-23-19(13-17)25(27(32)33)15(4)21(6-2)29-23/h7-10,12-13H,5-6,11H2,1-4H3,(H,30,31)(H,32,33). The van der Waals surface area contributed by atoms with Crippen LogP contribution in [0.2, 0.25) is 0 Å². The van der Waals surface area contributed by atoms with E-state index >= 15 is 0 Å². The van der Waals surface area contributed by atoms with Crippen LogP contribution in [0.3, 0.4) is 0 Å². The van der Waals surface area contributed by atoms with Gasteiger partial charge in [0.15, 0.2) is 0 Å². The Morgan fingerprint density at radius 2 is 1.12 bits per heavy atom. The van der Waals surface area contributed by atoms with Gasteiger partial charge in [-0.1, -0.05) is 26.0 Å². The normalized spacial score (nSPS) is 11.3. The third-order valence-electron chi connectivity index (χ3n) is 6.29. The highest BCUT2D eigenvalue weighted by molar-refractivity contribution is 6.05. The number of fused-ring (bicyclic) bond motifs is 2. The average Bonchev–Trinajstić information content (AvgIpc) is 2.77. The number of pyridine rings is 2. The van der Waals surface area contributed by atoms with Crippen LogP contribution in [-0.2, 0) is 19.3 Å². The van der Waals surface area contributed by atoms with Crippen molar-refractivity contribution in [1.82, 2.24) is 9.97 Å². The first-order chi connectivity index (χ1) is 15.7. The van der Waals surface area contributed by atoms with E-state index in [1.54, 1.807) is 13.8 Å². The minimum absolute atomic E-state index is 0.289. The van der Waals surface area contributed by atoms with Gasteiger partial charge >= 0.3 is 11.9 Å². The predicted octanol–water partition coefficient (Wildman–Crippen LogP) is 5.51. The maximum absolute atomic E-state index is 12.0. The maximum Gasteiger partial charge on any atom is 0.336 e. The maximum atomic E-state index is 12.0. The molecular formula is C27H26N2O4. The summed E-state index contributed by atoms with van der Waals surface area (Å²) in [5.41, 5.74) is 6.74. The van der Waals surface area contributed by atoms with Crippen molar-refractivity contribution in [1.29, 1.82) is 0 Å². The number of carboxylic acids is 2. The Morgan fingerprint density at radius 1 is 0.727 bits per heavy atom. The SMILES string of the molecule is CCc1nc2ccc(Cc3ccc4nc(CC)c(C)c(C(=O)O)c4c3)cc2c(C(=O)O)c1C. The number of aromatic nitrogens is 2. The summed E-state index contributed by atoms with van der Waals surface area (Å²) in [5, 5.41) is 20.9. The van der Waals surface area contributed by atoms with Gasteiger partial charge < -0.3 is 10.2 Å². The Labute approximate surface area is 191 Å². The van der Waals surface area contributed by atoms with Gasteiger partial charge in [-0.15, -0.1) is 0 Å². The van der Waals surface area contributed by atoms with Gasteiger partial charge in [-0.3, -0.25) is 9.97 Å². The number of aryl methyl sites for hydroxylation is 2. The lowest BCUT2D eigenvalue weighted by molar-refractivity contribution is 0.0687. The summed E-state index contributed by atoms with van der Waals surface area (Å²) in [4.78, 5) is 33.3. The molecule has 2 aromatic heterocycles. The van der Waals surface area contributed by atoms with Crippen LogP contribution in [0.5, 0.6) is 0 Å². The van der Waals surface area contributed by atoms with E-state index in [0.717, 1.165) is 22.5 Å². The second-order valence-corrected chi connectivity index (χ2v) is 8.31. The van der Waals surface area contributed by atoms with Gasteiger partial charge in [-0.2, -0.15) is 0 Å². The highest BCUT2D eigenvalue weighted by Crippen LogP contribution is 2.28. The van der Waals surface area contributed by atoms with Crippen LogP contribution in [0, 0.1) is 13.8 Å². The van der Waals surface area contributed by atoms with Crippen molar-refractivity contribution in [2.45, 2.75) is 47.0 Å². The van der Waals surface area contributed by atoms with E-state index in [9.17, 15) is 19.8 Å². The third-order valence-corrected chi connectivity index (χ3v) is 6.29. The Bertz CT molecular complexity index is 1330. The summed E-state index contributed by atoms with van der Waals surface area (Å²) in [7, 11) is 0. The van der Waals surface area contributed by atoms with E-state index in [2.05, 4.69) is 9.97 Å². The smallest absolute Gasteiger partial charge is 0.336 e. The molecule has 0 radical (unpaired) electrons. The van der Waals surface area contributed by atoms with Crippen LogP contribution in [0.1, 0.15) is 68.2 Å². The quantitative estimate of drug-likeness (QED) is 0.408. The van der Waals surface area contributed by atoms with Crippen molar-refractivity contribution in [2.75, 3.05) is 0 Å². The molecule has 0 atom stereocenters. The van der Waals surface area contributed by atoms with Crippen molar-refractivity contribution in [3.63, 3.8) is 0 Å². The number of hydrogen-bond acceptors (Lipinski definition) is 4. The summed E-state index contributed by atoms with van der Waals surface area (Å²) >= 11 is 0. The highest BCUT2D eigenvalue weighted by atomic mass is 16.4. The van der Waals surface area contributed by atoms with Crippen LogP contribution in [0.25, 0.3) is 21.8 Å². The molecular weight excluding hydrogens is 416 g/mol. The average molecular weight is 443 g/mol. The predicted molar refractivity (Wildman–Crippen MR) is 128 cm³/mol. The fraction of sp³-hybridized carbons (Fsp3) is 0.259. The molecule has 0 aliphatic rings. The molecule has 0 spiro atoms. The van der Waals surface area contributed by atoms with Crippen LogP contribution in [0.15, 0.2) is 36.4 Å². The summed E-state index contributed by atoms with van der Waals surface area (Å²) in [6.07, 6.45) is 1.87. The van der Waals surface area contributed by atoms with Gasteiger partial charge in [0.25, 0.3) is 0 Å². The minimum atomic E-state index is -0.961. The number of hydrogen-bond donors (Lipinski definition) is 2. The molecule has 0 amide bonds. The molecule has 2 heterocycles. The number of nitrogens with zero attached hydrogens (tertiary/aromatic N) is 2. The van der Waals surface area contributed by atoms with E-state index in [4.69, 9.17) is 0 Å². The molecule has 33 heavy (non-hydrogen) atoms. The number of carbonyl (C=O) groups is 2. The van der Waals surface area contributed by atoms with Crippen molar-refractivity contribution < 1.29 is 19.8 Å². The Balaban J connectivity index is 1.83. The van der Waals surface area contributed by atoms with Crippen LogP contribution >= 0.6 is 0 Å². The molecule has 0 unspecified atom stereocenters. The van der Waals surface area contributed by atoms with E-state index in [-0.39, 0.29) is 11.1 Å². The van der Waals surface area contributed by atoms with Gasteiger partial charge in [-0.05, 0) is 79.6 Å². The van der Waals surface area contributed by atoms with Crippen molar-refractivity contribution in [3.8, 4) is 0 Å². The topological polar surface area (TPSA) is 100 Å². The van der Waals surface area contributed by atoms with Crippen LogP contribution in [-0.4, -0.2) is 32.1 Å². The lowest BCUT2D eigenvalue weighted by Crippen LogP contribution is -2.07. The largest absolute Gasteiger partial charge is 0.478 e. The van der Waals surface area contributed by atoms with E-state index in [1.807, 2.05) is 50.2 Å². The summed E-state index contributed by atoms with van der Waals surface area (Å²) in [6.45, 7) is 7.54. The molecule has 0 aliphatic carbocycles. The molecule has 0 bridgehead atoms. The lowest BCUT2D eigenvalue weighted by Gasteiger charge is -2.13. The first-order valence-corrected chi connectivity index (χ1v) is 11.1. The van der Waals surface area contributed by atoms with E-state index in [1.165, 1.54) is 0 Å². The fourth-order valence-corrected chi connectivity index (χ4v) is 4.61. The highest BCUT2D eigenvalue weighted by Gasteiger charge is 2.19. The van der Waals surface area contributed by atoms with Gasteiger partial charge in [0.05, 0.1) is 22.2 Å². The molecule has 0 saturated carbocycles. The number of rotatable bonds is 6. The number of aromatic carboxylic acids is 2. The molecule has 4 aromatic rings. The number of carboxylic acid groups (broad SMARTS) is 2. The summed E-state index contributed by atoms with van der Waals surface area (Å²) < 4.78 is 0. The zero-order valence-electron chi connectivity index (χ0n) is 19.2. The first-order valence-electron chi connectivity index (χ1n) is 11.1. The second-order valence-electron chi connectivity index (χ2n) is 8.31. The molecule has 4 rings (SSSR count). The van der Waals surface area contributed by atoms with Crippen LogP contribution < -0.4 is 0 Å². The van der Waals surface area contributed by atoms with E-state index in [0.29, 0.717) is 52.2 Å². The first kappa shape index (κ1) is 22.4. The van der Waals surface area contributed by atoms with Gasteiger partial charge in [0.1, 0.15) is 0 Å². The lowest BCUT2D eigenvalue weighted by atomic mass is 9.95. The second kappa shape index (κ2) is 8.62. The summed E-state index contributed by atoms with van der Waals surface area (Å²) in [6, 6.07) is 11.4. The molecule has 2 aromatic carbocycles. The Kier molecular flexibility index (Phi) is 5.85. The third kappa shape index (κ3) is 3.93. The molecule has 0 saturated heterocycles. The zero-order valence-corrected chi connectivity index (χ0v) is 19.2. The molecule has 2 N–H and O–H groups in total. The van der Waals surface area contributed by atoms with Gasteiger partial charge in [0, 0.05) is 22.2 Å². The molecule has 0 aliphatic heterocycles. The molecule has 6 heteroatoms. The fourth-order valence-electron chi connectivity index (χ4n) is 4.61. The monoisotopic (exact) mass is 442 g/mol. The Hall–Kier alpha value is -3.80. The summed E-state index contributed by atoms with van der Waals surface area (Å²) in [5.74, 6) is -1.92. The minimum Gasteiger partial charge on any atom is -0.478 e. The van der Waals surface area contributed by atoms with Crippen molar-refractivity contribution in [3.05, 3.63) is 81.2 Å². The van der Waals surface area contributed by atoms with Gasteiger partial charge in [-0.25, -0.2) is 9.59 Å². The molecule has 6 nitrogen and oxygen atoms in total.